The number of phenols is 1. The quantitative estimate of drug-likeness (QED) is 0.645. The van der Waals surface area contributed by atoms with Gasteiger partial charge in [-0.05, 0) is 31.9 Å². The van der Waals surface area contributed by atoms with Crippen LogP contribution in [0, 0.1) is 6.92 Å². The largest absolute Gasteiger partial charge is 0.508 e. The Hall–Kier alpha value is -1.03. The Morgan fingerprint density at radius 3 is 2.88 bits per heavy atom. The van der Waals surface area contributed by atoms with Crippen LogP contribution in [0.3, 0.4) is 0 Å². The highest BCUT2D eigenvalue weighted by Crippen LogP contribution is 2.19. The van der Waals surface area contributed by atoms with E-state index >= 15 is 0 Å². The molecule has 1 amide bonds. The number of nitrogens with one attached hydrogen (secondary N) is 1. The first kappa shape index (κ1) is 13.0. The molecule has 1 aromatic rings. The lowest BCUT2D eigenvalue weighted by Crippen LogP contribution is -2.25. The molecule has 0 aromatic heterocycles. The maximum atomic E-state index is 11.7. The molecule has 0 fully saturated rings. The van der Waals surface area contributed by atoms with Gasteiger partial charge in [-0.2, -0.15) is 0 Å². The standard InChI is InChI=1S/C12H16BrNO2/c1-9-10(5-4-6-11(9)15)12(16)14-8-3-2-7-13/h4-6,15H,2-3,7-8H2,1H3,(H,14,16). The van der Waals surface area contributed by atoms with Crippen molar-refractivity contribution in [2.24, 2.45) is 0 Å². The van der Waals surface area contributed by atoms with E-state index in [1.807, 2.05) is 0 Å². The molecule has 3 nitrogen and oxygen atoms in total. The van der Waals surface area contributed by atoms with Crippen LogP contribution in [0.1, 0.15) is 28.8 Å². The van der Waals surface area contributed by atoms with Crippen LogP contribution >= 0.6 is 15.9 Å². The van der Waals surface area contributed by atoms with Gasteiger partial charge in [0.2, 0.25) is 0 Å². The molecule has 0 saturated heterocycles. The zero-order valence-corrected chi connectivity index (χ0v) is 10.9. The van der Waals surface area contributed by atoms with E-state index in [0.29, 0.717) is 17.7 Å². The number of benzene rings is 1. The topological polar surface area (TPSA) is 49.3 Å². The van der Waals surface area contributed by atoms with Crippen molar-refractivity contribution in [3.05, 3.63) is 29.3 Å². The van der Waals surface area contributed by atoms with E-state index < -0.39 is 0 Å². The van der Waals surface area contributed by atoms with Crippen molar-refractivity contribution in [2.75, 3.05) is 11.9 Å². The van der Waals surface area contributed by atoms with E-state index in [1.54, 1.807) is 25.1 Å². The minimum atomic E-state index is -0.122. The number of alkyl halides is 1. The first-order chi connectivity index (χ1) is 7.66. The highest BCUT2D eigenvalue weighted by Gasteiger charge is 2.10. The van der Waals surface area contributed by atoms with Crippen LogP contribution in [-0.4, -0.2) is 22.9 Å². The van der Waals surface area contributed by atoms with E-state index in [1.165, 1.54) is 0 Å². The summed E-state index contributed by atoms with van der Waals surface area (Å²) in [5.41, 5.74) is 1.17. The fourth-order valence-electron chi connectivity index (χ4n) is 1.39. The Balaban J connectivity index is 2.56. The second kappa shape index (κ2) is 6.53. The summed E-state index contributed by atoms with van der Waals surface area (Å²) in [5.74, 6) is 0.0380. The Bertz CT molecular complexity index is 366. The molecule has 0 aliphatic rings. The molecule has 0 radical (unpaired) electrons. The zero-order chi connectivity index (χ0) is 12.0. The zero-order valence-electron chi connectivity index (χ0n) is 9.29. The highest BCUT2D eigenvalue weighted by atomic mass is 79.9. The monoisotopic (exact) mass is 285 g/mol. The Morgan fingerprint density at radius 2 is 2.19 bits per heavy atom. The number of aromatic hydroxyl groups is 1. The van der Waals surface area contributed by atoms with Crippen molar-refractivity contribution >= 4 is 21.8 Å². The SMILES string of the molecule is Cc1c(O)cccc1C(=O)NCCCCBr. The number of rotatable bonds is 5. The molecule has 1 aromatic carbocycles. The lowest BCUT2D eigenvalue weighted by molar-refractivity contribution is 0.0952. The van der Waals surface area contributed by atoms with Gasteiger partial charge >= 0.3 is 0 Å². The minimum Gasteiger partial charge on any atom is -0.508 e. The molecular formula is C12H16BrNO2. The number of hydrogen-bond donors (Lipinski definition) is 2. The molecule has 0 bridgehead atoms. The van der Waals surface area contributed by atoms with Gasteiger partial charge in [0.05, 0.1) is 0 Å². The number of amides is 1. The molecule has 16 heavy (non-hydrogen) atoms. The second-order valence-corrected chi connectivity index (χ2v) is 4.39. The number of carbonyl (C=O) groups excluding carboxylic acids is 1. The maximum absolute atomic E-state index is 11.7. The highest BCUT2D eigenvalue weighted by molar-refractivity contribution is 9.09. The summed E-state index contributed by atoms with van der Waals surface area (Å²) in [6.07, 6.45) is 1.99. The predicted octanol–water partition coefficient (Wildman–Crippen LogP) is 2.61. The van der Waals surface area contributed by atoms with Crippen molar-refractivity contribution in [3.63, 3.8) is 0 Å². The van der Waals surface area contributed by atoms with Crippen molar-refractivity contribution in [1.29, 1.82) is 0 Å². The van der Waals surface area contributed by atoms with E-state index in [0.717, 1.165) is 18.2 Å². The number of unbranched alkanes of at least 4 members (excludes halogenated alkanes) is 1. The van der Waals surface area contributed by atoms with E-state index in [-0.39, 0.29) is 11.7 Å². The first-order valence-electron chi connectivity index (χ1n) is 5.29. The summed E-state index contributed by atoms with van der Waals surface area (Å²) in [6, 6.07) is 4.97. The third kappa shape index (κ3) is 3.52. The van der Waals surface area contributed by atoms with Gasteiger partial charge in [-0.3, -0.25) is 4.79 Å². The van der Waals surface area contributed by atoms with Crippen molar-refractivity contribution in [2.45, 2.75) is 19.8 Å². The normalized spacial score (nSPS) is 10.1. The van der Waals surface area contributed by atoms with Crippen LogP contribution in [0.15, 0.2) is 18.2 Å². The molecule has 0 aliphatic heterocycles. The van der Waals surface area contributed by atoms with E-state index in [4.69, 9.17) is 0 Å². The Labute approximate surface area is 104 Å². The summed E-state index contributed by atoms with van der Waals surface area (Å²) >= 11 is 3.34. The molecule has 0 unspecified atom stereocenters. The van der Waals surface area contributed by atoms with Gasteiger partial charge in [0.15, 0.2) is 0 Å². The van der Waals surface area contributed by atoms with Crippen LogP contribution in [0.2, 0.25) is 0 Å². The first-order valence-corrected chi connectivity index (χ1v) is 6.41. The fourth-order valence-corrected chi connectivity index (χ4v) is 1.78. The van der Waals surface area contributed by atoms with Crippen LogP contribution in [0.5, 0.6) is 5.75 Å². The smallest absolute Gasteiger partial charge is 0.251 e. The second-order valence-electron chi connectivity index (χ2n) is 3.60. The molecule has 1 rings (SSSR count). The third-order valence-corrected chi connectivity index (χ3v) is 2.96. The Morgan fingerprint density at radius 1 is 1.44 bits per heavy atom. The molecule has 2 N–H and O–H groups in total. The third-order valence-electron chi connectivity index (χ3n) is 2.40. The van der Waals surface area contributed by atoms with Gasteiger partial charge in [-0.15, -0.1) is 0 Å². The summed E-state index contributed by atoms with van der Waals surface area (Å²) in [7, 11) is 0. The number of halogens is 1. The average Bonchev–Trinajstić information content (AvgIpc) is 2.28. The number of hydrogen-bond acceptors (Lipinski definition) is 2. The lowest BCUT2D eigenvalue weighted by Gasteiger charge is -2.08. The minimum absolute atomic E-state index is 0.122. The van der Waals surface area contributed by atoms with Crippen LogP contribution in [0.25, 0.3) is 0 Å². The number of carbonyl (C=O) groups is 1. The summed E-state index contributed by atoms with van der Waals surface area (Å²) in [5, 5.41) is 13.3. The molecule has 0 heterocycles. The van der Waals surface area contributed by atoms with Gasteiger partial charge in [0.1, 0.15) is 5.75 Å². The summed E-state index contributed by atoms with van der Waals surface area (Å²) in [4.78, 5) is 11.7. The molecule has 4 heteroatoms. The molecular weight excluding hydrogens is 270 g/mol. The van der Waals surface area contributed by atoms with E-state index in [9.17, 15) is 9.90 Å². The molecule has 0 spiro atoms. The molecule has 0 atom stereocenters. The predicted molar refractivity (Wildman–Crippen MR) is 68.2 cm³/mol. The van der Waals surface area contributed by atoms with Gasteiger partial charge in [0, 0.05) is 23.0 Å². The molecule has 0 saturated carbocycles. The molecule has 88 valence electrons. The Kier molecular flexibility index (Phi) is 5.32. The van der Waals surface area contributed by atoms with Gasteiger partial charge in [0.25, 0.3) is 5.91 Å². The fraction of sp³-hybridized carbons (Fsp3) is 0.417. The van der Waals surface area contributed by atoms with Gasteiger partial charge in [-0.25, -0.2) is 0 Å². The summed E-state index contributed by atoms with van der Waals surface area (Å²) in [6.45, 7) is 2.41. The van der Waals surface area contributed by atoms with Crippen molar-refractivity contribution in [3.8, 4) is 5.75 Å². The van der Waals surface area contributed by atoms with E-state index in [2.05, 4.69) is 21.2 Å². The number of phenolic OH excluding ortho intramolecular Hbond substituents is 1. The average molecular weight is 286 g/mol. The maximum Gasteiger partial charge on any atom is 0.251 e. The molecule has 0 aliphatic carbocycles. The van der Waals surface area contributed by atoms with Crippen LogP contribution < -0.4 is 5.32 Å². The van der Waals surface area contributed by atoms with Gasteiger partial charge < -0.3 is 10.4 Å². The lowest BCUT2D eigenvalue weighted by atomic mass is 10.1. The van der Waals surface area contributed by atoms with Crippen molar-refractivity contribution in [1.82, 2.24) is 5.32 Å². The van der Waals surface area contributed by atoms with Crippen LogP contribution in [-0.2, 0) is 0 Å². The van der Waals surface area contributed by atoms with Gasteiger partial charge in [-0.1, -0.05) is 22.0 Å². The van der Waals surface area contributed by atoms with Crippen LogP contribution in [0.4, 0.5) is 0 Å². The summed E-state index contributed by atoms with van der Waals surface area (Å²) < 4.78 is 0. The van der Waals surface area contributed by atoms with Crippen molar-refractivity contribution < 1.29 is 9.90 Å².